The third-order valence-electron chi connectivity index (χ3n) is 3.46. The summed E-state index contributed by atoms with van der Waals surface area (Å²) in [6, 6.07) is 3.79. The second-order valence-electron chi connectivity index (χ2n) is 5.20. The van der Waals surface area contributed by atoms with E-state index in [0.29, 0.717) is 13.0 Å². The maximum absolute atomic E-state index is 13.4. The highest BCUT2D eigenvalue weighted by Gasteiger charge is 2.34. The van der Waals surface area contributed by atoms with Gasteiger partial charge in [0.25, 0.3) is 6.47 Å². The number of H-pyrrole nitrogens is 1. The molecule has 0 spiro atoms. The first-order valence-electron chi connectivity index (χ1n) is 7.67. The van der Waals surface area contributed by atoms with Gasteiger partial charge in [-0.25, -0.2) is 4.98 Å². The van der Waals surface area contributed by atoms with Crippen molar-refractivity contribution in [2.75, 3.05) is 25.5 Å². The number of nitrogens with zero attached hydrogens (tertiary/aromatic N) is 2. The molecule has 0 atom stereocenters. The van der Waals surface area contributed by atoms with Crippen LogP contribution in [0, 0.1) is 0 Å². The smallest absolute Gasteiger partial charge is 0.418 e. The van der Waals surface area contributed by atoms with Crippen LogP contribution in [0.15, 0.2) is 35.8 Å². The zero-order valence-corrected chi connectivity index (χ0v) is 13.9. The van der Waals surface area contributed by atoms with Gasteiger partial charge in [-0.2, -0.15) is 18.3 Å². The number of aromatic nitrogens is 2. The molecule has 0 aliphatic heterocycles. The molecule has 7 nitrogen and oxygen atoms in total. The Kier molecular flexibility index (Phi) is 6.59. The Hall–Kier alpha value is -3.04. The fourth-order valence-corrected chi connectivity index (χ4v) is 2.29. The van der Waals surface area contributed by atoms with Crippen molar-refractivity contribution >= 4 is 17.9 Å². The summed E-state index contributed by atoms with van der Waals surface area (Å²) in [6.07, 6.45) is -0.931. The summed E-state index contributed by atoms with van der Waals surface area (Å²) < 4.78 is 44.9. The molecule has 0 bridgehead atoms. The summed E-state index contributed by atoms with van der Waals surface area (Å²) in [4.78, 5) is 17.1. The van der Waals surface area contributed by atoms with E-state index >= 15 is 0 Å². The minimum absolute atomic E-state index is 0.0409. The summed E-state index contributed by atoms with van der Waals surface area (Å²) in [6.45, 7) is 0.270. The number of alkyl halides is 3. The van der Waals surface area contributed by atoms with Crippen molar-refractivity contribution in [3.63, 3.8) is 0 Å². The number of hydrogen-bond donors (Lipinski definition) is 3. The molecular weight excluding hydrogens is 351 g/mol. The Morgan fingerprint density at radius 1 is 1.42 bits per heavy atom. The van der Waals surface area contributed by atoms with Crippen molar-refractivity contribution < 1.29 is 22.7 Å². The molecule has 26 heavy (non-hydrogen) atoms. The Morgan fingerprint density at radius 3 is 2.85 bits per heavy atom. The van der Waals surface area contributed by atoms with Crippen LogP contribution in [0.2, 0.25) is 0 Å². The van der Waals surface area contributed by atoms with E-state index in [2.05, 4.69) is 30.5 Å². The van der Waals surface area contributed by atoms with Gasteiger partial charge in [0.2, 0.25) is 0 Å². The Balaban J connectivity index is 2.23. The number of nitrogens with one attached hydrogen (secondary N) is 3. The second kappa shape index (κ2) is 8.88. The van der Waals surface area contributed by atoms with Gasteiger partial charge in [0, 0.05) is 43.2 Å². The third kappa shape index (κ3) is 5.23. The van der Waals surface area contributed by atoms with Crippen LogP contribution in [-0.4, -0.2) is 42.4 Å². The largest absolute Gasteiger partial charge is 0.461 e. The van der Waals surface area contributed by atoms with E-state index in [1.54, 1.807) is 6.20 Å². The van der Waals surface area contributed by atoms with Gasteiger partial charge >= 0.3 is 6.18 Å². The van der Waals surface area contributed by atoms with Gasteiger partial charge in [0.15, 0.2) is 0 Å². The molecule has 0 aliphatic carbocycles. The van der Waals surface area contributed by atoms with Crippen LogP contribution in [0.25, 0.3) is 0 Å². The standard InChI is InChI=1S/C16H18F3N5O2/c1-20-24-15(8-26-10-25)11-2-3-14(13(6-11)16(17,18)19)22-5-4-12-7-21-9-23-12/h2-3,6-7,9-10,20,22H,4-5,8H2,1H3,(H,21,23)/b24-15+. The Bertz CT molecular complexity index is 745. The van der Waals surface area contributed by atoms with Crippen molar-refractivity contribution in [2.24, 2.45) is 5.10 Å². The molecule has 0 fully saturated rings. The summed E-state index contributed by atoms with van der Waals surface area (Å²) in [5.74, 6) is 0. The normalized spacial score (nSPS) is 11.9. The van der Waals surface area contributed by atoms with E-state index in [1.807, 2.05) is 0 Å². The molecule has 2 aromatic rings. The minimum Gasteiger partial charge on any atom is -0.461 e. The van der Waals surface area contributed by atoms with Gasteiger partial charge < -0.3 is 20.5 Å². The van der Waals surface area contributed by atoms with E-state index < -0.39 is 11.7 Å². The SMILES string of the molecule is CN/N=C(\COC=O)c1ccc(NCCc2cnc[nH]2)c(C(F)(F)F)c1. The molecular formula is C16H18F3N5O2. The molecule has 3 N–H and O–H groups in total. The number of hydrogen-bond acceptors (Lipinski definition) is 6. The molecule has 0 aliphatic rings. The number of aromatic amines is 1. The summed E-state index contributed by atoms with van der Waals surface area (Å²) >= 11 is 0. The molecule has 0 saturated carbocycles. The van der Waals surface area contributed by atoms with Crippen LogP contribution in [0.5, 0.6) is 0 Å². The predicted molar refractivity (Wildman–Crippen MR) is 89.8 cm³/mol. The highest BCUT2D eigenvalue weighted by Crippen LogP contribution is 2.35. The van der Waals surface area contributed by atoms with Gasteiger partial charge in [-0.15, -0.1) is 0 Å². The van der Waals surface area contributed by atoms with Gasteiger partial charge in [0.1, 0.15) is 12.3 Å². The summed E-state index contributed by atoms with van der Waals surface area (Å²) in [5, 5.41) is 6.65. The van der Waals surface area contributed by atoms with Crippen LogP contribution < -0.4 is 10.7 Å². The van der Waals surface area contributed by atoms with Crippen molar-refractivity contribution in [3.8, 4) is 0 Å². The molecule has 0 radical (unpaired) electrons. The number of imidazole rings is 1. The van der Waals surface area contributed by atoms with Crippen LogP contribution >= 0.6 is 0 Å². The van der Waals surface area contributed by atoms with Gasteiger partial charge in [-0.05, 0) is 12.1 Å². The topological polar surface area (TPSA) is 91.4 Å². The molecule has 10 heteroatoms. The summed E-state index contributed by atoms with van der Waals surface area (Å²) in [5.41, 5.74) is 2.81. The first kappa shape index (κ1) is 19.3. The van der Waals surface area contributed by atoms with E-state index in [9.17, 15) is 18.0 Å². The van der Waals surface area contributed by atoms with Gasteiger partial charge in [0.05, 0.1) is 11.9 Å². The molecule has 1 heterocycles. The number of hydrazone groups is 1. The average Bonchev–Trinajstić information content (AvgIpc) is 3.11. The number of carbonyl (C=O) groups excluding carboxylic acids is 1. The molecule has 1 aromatic heterocycles. The van der Waals surface area contributed by atoms with Crippen LogP contribution in [0.1, 0.15) is 16.8 Å². The highest BCUT2D eigenvalue weighted by molar-refractivity contribution is 6.02. The second-order valence-corrected chi connectivity index (χ2v) is 5.20. The zero-order chi connectivity index (χ0) is 19.0. The summed E-state index contributed by atoms with van der Waals surface area (Å²) in [7, 11) is 1.50. The minimum atomic E-state index is -4.55. The van der Waals surface area contributed by atoms with Crippen LogP contribution in [-0.2, 0) is 22.1 Å². The zero-order valence-electron chi connectivity index (χ0n) is 13.9. The lowest BCUT2D eigenvalue weighted by atomic mass is 10.0. The lowest BCUT2D eigenvalue weighted by Crippen LogP contribution is -2.17. The molecule has 0 saturated heterocycles. The quantitative estimate of drug-likeness (QED) is 0.358. The number of anilines is 1. The molecule has 0 amide bonds. The number of benzene rings is 1. The monoisotopic (exact) mass is 369 g/mol. The highest BCUT2D eigenvalue weighted by atomic mass is 19.4. The van der Waals surface area contributed by atoms with Crippen molar-refractivity contribution in [2.45, 2.75) is 12.6 Å². The Morgan fingerprint density at radius 2 is 2.23 bits per heavy atom. The molecule has 140 valence electrons. The number of rotatable bonds is 9. The van der Waals surface area contributed by atoms with E-state index in [0.717, 1.165) is 11.8 Å². The van der Waals surface area contributed by atoms with Crippen LogP contribution in [0.3, 0.4) is 0 Å². The lowest BCUT2D eigenvalue weighted by Gasteiger charge is -2.16. The van der Waals surface area contributed by atoms with E-state index in [1.165, 1.54) is 25.5 Å². The van der Waals surface area contributed by atoms with Crippen molar-refractivity contribution in [1.82, 2.24) is 15.4 Å². The maximum atomic E-state index is 13.4. The fourth-order valence-electron chi connectivity index (χ4n) is 2.29. The number of ether oxygens (including phenoxy) is 1. The first-order valence-corrected chi connectivity index (χ1v) is 7.67. The van der Waals surface area contributed by atoms with Gasteiger partial charge in [-0.1, -0.05) is 6.07 Å². The number of carbonyl (C=O) groups is 1. The van der Waals surface area contributed by atoms with E-state index in [-0.39, 0.29) is 30.0 Å². The van der Waals surface area contributed by atoms with E-state index in [4.69, 9.17) is 0 Å². The number of halogens is 3. The molecule has 2 rings (SSSR count). The fraction of sp³-hybridized carbons (Fsp3) is 0.312. The van der Waals surface area contributed by atoms with Crippen LogP contribution in [0.4, 0.5) is 18.9 Å². The van der Waals surface area contributed by atoms with Crippen molar-refractivity contribution in [3.05, 3.63) is 47.5 Å². The molecule has 0 unspecified atom stereocenters. The average molecular weight is 369 g/mol. The van der Waals surface area contributed by atoms with Crippen molar-refractivity contribution in [1.29, 1.82) is 0 Å². The van der Waals surface area contributed by atoms with Gasteiger partial charge in [-0.3, -0.25) is 4.79 Å². The maximum Gasteiger partial charge on any atom is 0.418 e. The molecule has 1 aromatic carbocycles. The first-order chi connectivity index (χ1) is 12.5. The Labute approximate surface area is 147 Å². The lowest BCUT2D eigenvalue weighted by molar-refractivity contribution is -0.137. The predicted octanol–water partition coefficient (Wildman–Crippen LogP) is 2.18. The third-order valence-corrected chi connectivity index (χ3v) is 3.46.